The molecule has 6 heteroatoms. The molecule has 2 aromatic carbocycles. The average molecular weight is 409 g/mol. The number of nitrogens with zero attached hydrogens (tertiary/aromatic N) is 2. The molecule has 0 radical (unpaired) electrons. The third-order valence-corrected chi connectivity index (χ3v) is 5.23. The molecule has 0 aliphatic heterocycles. The fourth-order valence-electron chi connectivity index (χ4n) is 3.63. The number of halogens is 1. The van der Waals surface area contributed by atoms with Crippen LogP contribution in [0.1, 0.15) is 11.3 Å². The first kappa shape index (κ1) is 18.7. The van der Waals surface area contributed by atoms with Gasteiger partial charge in [0.25, 0.3) is 0 Å². The van der Waals surface area contributed by atoms with Crippen molar-refractivity contribution < 1.29 is 0 Å². The highest BCUT2D eigenvalue weighted by atomic mass is 35.5. The molecule has 0 amide bonds. The van der Waals surface area contributed by atoms with Gasteiger partial charge < -0.3 is 15.2 Å². The number of hydrogen-bond acceptors (Lipinski definition) is 2. The van der Waals surface area contributed by atoms with Crippen molar-refractivity contribution in [1.82, 2.24) is 14.9 Å². The molecule has 0 saturated carbocycles. The van der Waals surface area contributed by atoms with Crippen molar-refractivity contribution >= 4 is 56.6 Å². The van der Waals surface area contributed by atoms with E-state index in [4.69, 9.17) is 28.8 Å². The smallest absolute Gasteiger partial charge is 0.170 e. The van der Waals surface area contributed by atoms with Gasteiger partial charge in [-0.15, -0.1) is 0 Å². The summed E-state index contributed by atoms with van der Waals surface area (Å²) in [5.74, 6) is 0. The fourth-order valence-corrected chi connectivity index (χ4v) is 4.04. The van der Waals surface area contributed by atoms with Crippen LogP contribution in [0.2, 0.25) is 5.02 Å². The molecule has 2 aromatic heterocycles. The van der Waals surface area contributed by atoms with Crippen molar-refractivity contribution in [3.05, 3.63) is 70.9 Å². The highest BCUT2D eigenvalue weighted by Gasteiger charge is 2.13. The number of benzene rings is 2. The summed E-state index contributed by atoms with van der Waals surface area (Å²) in [5.41, 5.74) is 5.36. The number of pyridine rings is 1. The van der Waals surface area contributed by atoms with Gasteiger partial charge in [0.2, 0.25) is 0 Å². The quantitative estimate of drug-likeness (QED) is 0.441. The zero-order valence-corrected chi connectivity index (χ0v) is 17.4. The van der Waals surface area contributed by atoms with Crippen LogP contribution in [0.15, 0.2) is 54.6 Å². The number of fused-ring (bicyclic) bond motifs is 3. The van der Waals surface area contributed by atoms with Gasteiger partial charge in [-0.25, -0.2) is 4.98 Å². The maximum Gasteiger partial charge on any atom is 0.170 e. The van der Waals surface area contributed by atoms with Gasteiger partial charge in [-0.05, 0) is 62.0 Å². The molecule has 0 bridgehead atoms. The highest BCUT2D eigenvalue weighted by Crippen LogP contribution is 2.30. The van der Waals surface area contributed by atoms with Crippen molar-refractivity contribution in [2.45, 2.75) is 20.4 Å². The molecule has 28 heavy (non-hydrogen) atoms. The van der Waals surface area contributed by atoms with Crippen LogP contribution < -0.4 is 10.6 Å². The van der Waals surface area contributed by atoms with Gasteiger partial charge >= 0.3 is 0 Å². The summed E-state index contributed by atoms with van der Waals surface area (Å²) in [6.07, 6.45) is 0. The Morgan fingerprint density at radius 1 is 1.11 bits per heavy atom. The average Bonchev–Trinajstić information content (AvgIpc) is 2.96. The first-order valence-corrected chi connectivity index (χ1v) is 9.97. The van der Waals surface area contributed by atoms with Gasteiger partial charge in [0, 0.05) is 40.3 Å². The molecule has 4 rings (SSSR count). The van der Waals surface area contributed by atoms with Crippen LogP contribution in [-0.2, 0) is 6.54 Å². The molecule has 142 valence electrons. The number of nitrogens with one attached hydrogen (secondary N) is 2. The van der Waals surface area contributed by atoms with Gasteiger partial charge in [-0.1, -0.05) is 35.9 Å². The van der Waals surface area contributed by atoms with Crippen LogP contribution in [0.25, 0.3) is 21.9 Å². The van der Waals surface area contributed by atoms with Crippen LogP contribution in [0.5, 0.6) is 0 Å². The Kier molecular flexibility index (Phi) is 5.20. The maximum absolute atomic E-state index is 6.02. The van der Waals surface area contributed by atoms with Crippen LogP contribution in [0.3, 0.4) is 0 Å². The predicted molar refractivity (Wildman–Crippen MR) is 122 cm³/mol. The molecule has 0 aliphatic rings. The summed E-state index contributed by atoms with van der Waals surface area (Å²) in [5, 5.41) is 10.2. The Hall–Kier alpha value is -2.63. The minimum atomic E-state index is 0.573. The fraction of sp³-hybridized carbons (Fsp3) is 0.182. The van der Waals surface area contributed by atoms with E-state index in [2.05, 4.69) is 52.5 Å². The van der Waals surface area contributed by atoms with Gasteiger partial charge in [0.05, 0.1) is 5.52 Å². The third-order valence-electron chi connectivity index (χ3n) is 4.75. The standard InChI is InChI=1S/C22H21ClN4S/c1-14-12-15(2)25-21-20(14)18-8-3-4-9-19(18)27(21)11-10-24-22(28)26-17-7-5-6-16(23)13-17/h3-9,12-13H,10-11H2,1-2H3,(H2,24,26,28). The van der Waals surface area contributed by atoms with Crippen molar-refractivity contribution in [3.8, 4) is 0 Å². The van der Waals surface area contributed by atoms with E-state index in [0.29, 0.717) is 16.7 Å². The van der Waals surface area contributed by atoms with E-state index in [0.717, 1.165) is 23.6 Å². The summed E-state index contributed by atoms with van der Waals surface area (Å²) in [6, 6.07) is 18.1. The molecule has 2 N–H and O–H groups in total. The molecular formula is C22H21ClN4S. The largest absolute Gasteiger partial charge is 0.361 e. The molecule has 4 aromatic rings. The van der Waals surface area contributed by atoms with E-state index in [1.165, 1.54) is 21.9 Å². The molecule has 0 atom stereocenters. The lowest BCUT2D eigenvalue weighted by atomic mass is 10.1. The summed E-state index contributed by atoms with van der Waals surface area (Å²) in [6.45, 7) is 5.64. The molecular weight excluding hydrogens is 388 g/mol. The Morgan fingerprint density at radius 3 is 2.75 bits per heavy atom. The predicted octanol–water partition coefficient (Wildman–Crippen LogP) is 5.45. The van der Waals surface area contributed by atoms with Crippen molar-refractivity contribution in [1.29, 1.82) is 0 Å². The molecule has 0 fully saturated rings. The number of thiocarbonyl (C=S) groups is 1. The number of hydrogen-bond donors (Lipinski definition) is 2. The second kappa shape index (κ2) is 7.78. The lowest BCUT2D eigenvalue weighted by Gasteiger charge is -2.12. The number of rotatable bonds is 4. The second-order valence-corrected chi connectivity index (χ2v) is 7.68. The molecule has 2 heterocycles. The van der Waals surface area contributed by atoms with Crippen LogP contribution >= 0.6 is 23.8 Å². The van der Waals surface area contributed by atoms with Gasteiger partial charge in [0.1, 0.15) is 5.65 Å². The zero-order chi connectivity index (χ0) is 19.7. The number of aryl methyl sites for hydroxylation is 2. The van der Waals surface area contributed by atoms with Crippen molar-refractivity contribution in [2.75, 3.05) is 11.9 Å². The highest BCUT2D eigenvalue weighted by molar-refractivity contribution is 7.80. The third kappa shape index (κ3) is 3.68. The summed E-state index contributed by atoms with van der Waals surface area (Å²) in [7, 11) is 0. The normalized spacial score (nSPS) is 11.1. The summed E-state index contributed by atoms with van der Waals surface area (Å²) in [4.78, 5) is 4.82. The number of aromatic nitrogens is 2. The summed E-state index contributed by atoms with van der Waals surface area (Å²) < 4.78 is 2.26. The monoisotopic (exact) mass is 408 g/mol. The Balaban J connectivity index is 1.55. The van der Waals surface area contributed by atoms with Crippen LogP contribution in [-0.4, -0.2) is 21.2 Å². The molecule has 4 nitrogen and oxygen atoms in total. The first-order valence-electron chi connectivity index (χ1n) is 9.18. The molecule has 0 unspecified atom stereocenters. The van der Waals surface area contributed by atoms with E-state index in [1.807, 2.05) is 31.2 Å². The second-order valence-electron chi connectivity index (χ2n) is 6.84. The maximum atomic E-state index is 6.02. The number of anilines is 1. The molecule has 0 spiro atoms. The SMILES string of the molecule is Cc1cc(C)c2c3ccccc3n(CCNC(=S)Nc3cccc(Cl)c3)c2n1. The van der Waals surface area contributed by atoms with Crippen LogP contribution in [0, 0.1) is 13.8 Å². The van der Waals surface area contributed by atoms with Crippen LogP contribution in [0.4, 0.5) is 5.69 Å². The first-order chi connectivity index (χ1) is 13.5. The topological polar surface area (TPSA) is 41.9 Å². The van der Waals surface area contributed by atoms with Gasteiger partial charge in [-0.2, -0.15) is 0 Å². The lowest BCUT2D eigenvalue weighted by molar-refractivity contribution is 0.710. The Labute approximate surface area is 174 Å². The van der Waals surface area contributed by atoms with Crippen molar-refractivity contribution in [3.63, 3.8) is 0 Å². The van der Waals surface area contributed by atoms with E-state index in [9.17, 15) is 0 Å². The van der Waals surface area contributed by atoms with Crippen molar-refractivity contribution in [2.24, 2.45) is 0 Å². The van der Waals surface area contributed by atoms with Gasteiger partial charge in [-0.3, -0.25) is 0 Å². The lowest BCUT2D eigenvalue weighted by Crippen LogP contribution is -2.31. The molecule has 0 saturated heterocycles. The summed E-state index contributed by atoms with van der Waals surface area (Å²) >= 11 is 11.4. The zero-order valence-electron chi connectivity index (χ0n) is 15.8. The van der Waals surface area contributed by atoms with E-state index in [1.54, 1.807) is 0 Å². The van der Waals surface area contributed by atoms with E-state index < -0.39 is 0 Å². The molecule has 0 aliphatic carbocycles. The number of para-hydroxylation sites is 1. The minimum Gasteiger partial charge on any atom is -0.361 e. The Bertz CT molecular complexity index is 1180. The Morgan fingerprint density at radius 2 is 1.93 bits per heavy atom. The van der Waals surface area contributed by atoms with Gasteiger partial charge in [0.15, 0.2) is 5.11 Å². The minimum absolute atomic E-state index is 0.573. The van der Waals surface area contributed by atoms with E-state index in [-0.39, 0.29) is 0 Å². The van der Waals surface area contributed by atoms with E-state index >= 15 is 0 Å².